The summed E-state index contributed by atoms with van der Waals surface area (Å²) >= 11 is 0. The summed E-state index contributed by atoms with van der Waals surface area (Å²) in [6.07, 6.45) is 4.66. The van der Waals surface area contributed by atoms with Crippen LogP contribution in [0.3, 0.4) is 0 Å². The zero-order valence-electron chi connectivity index (χ0n) is 10.1. The van der Waals surface area contributed by atoms with Gasteiger partial charge in [-0.15, -0.1) is 10.2 Å². The third kappa shape index (κ3) is 2.36. The second-order valence-corrected chi connectivity index (χ2v) is 3.90. The van der Waals surface area contributed by atoms with Gasteiger partial charge in [0.1, 0.15) is 12.2 Å². The van der Waals surface area contributed by atoms with Crippen LogP contribution < -0.4 is 5.32 Å². The highest BCUT2D eigenvalue weighted by Crippen LogP contribution is 2.07. The Morgan fingerprint density at radius 2 is 2.20 bits per heavy atom. The molecule has 0 unspecified atom stereocenters. The lowest BCUT2D eigenvalue weighted by atomic mass is 10.4. The van der Waals surface area contributed by atoms with Crippen molar-refractivity contribution < 1.29 is 9.90 Å². The van der Waals surface area contributed by atoms with Gasteiger partial charge in [0.15, 0.2) is 11.5 Å². The molecule has 0 aliphatic heterocycles. The van der Waals surface area contributed by atoms with E-state index >= 15 is 0 Å². The summed E-state index contributed by atoms with van der Waals surface area (Å²) in [4.78, 5) is 14.5. The third-order valence-corrected chi connectivity index (χ3v) is 2.44. The normalized spacial score (nSPS) is 10.8. The zero-order valence-corrected chi connectivity index (χ0v) is 10.1. The second kappa shape index (κ2) is 4.87. The SMILES string of the molecule is O=C(O)Cn1cc(CNc2cncc3nnnn23)nn1. The molecule has 0 saturated heterocycles. The van der Waals surface area contributed by atoms with E-state index in [1.54, 1.807) is 12.4 Å². The van der Waals surface area contributed by atoms with Crippen molar-refractivity contribution in [3.05, 3.63) is 24.3 Å². The predicted molar refractivity (Wildman–Crippen MR) is 63.6 cm³/mol. The summed E-state index contributed by atoms with van der Waals surface area (Å²) in [5, 5.41) is 30.4. The van der Waals surface area contributed by atoms with Crippen molar-refractivity contribution in [3.8, 4) is 0 Å². The van der Waals surface area contributed by atoms with Gasteiger partial charge < -0.3 is 10.4 Å². The van der Waals surface area contributed by atoms with E-state index < -0.39 is 5.97 Å². The number of nitrogens with one attached hydrogen (secondary N) is 1. The Kier molecular flexibility index (Phi) is 2.91. The van der Waals surface area contributed by atoms with E-state index in [1.807, 2.05) is 0 Å². The van der Waals surface area contributed by atoms with Gasteiger partial charge in [-0.3, -0.25) is 9.78 Å². The lowest BCUT2D eigenvalue weighted by Crippen LogP contribution is -2.09. The number of hydrogen-bond donors (Lipinski definition) is 2. The molecule has 0 amide bonds. The molecule has 0 spiro atoms. The van der Waals surface area contributed by atoms with Gasteiger partial charge in [0.2, 0.25) is 0 Å². The summed E-state index contributed by atoms with van der Waals surface area (Å²) < 4.78 is 2.74. The molecule has 102 valence electrons. The first-order valence-electron chi connectivity index (χ1n) is 5.59. The van der Waals surface area contributed by atoms with E-state index in [0.717, 1.165) is 0 Å². The number of hydrogen-bond acceptors (Lipinski definition) is 8. The monoisotopic (exact) mass is 275 g/mol. The first-order chi connectivity index (χ1) is 9.72. The Balaban J connectivity index is 1.71. The van der Waals surface area contributed by atoms with Crippen molar-refractivity contribution in [1.29, 1.82) is 0 Å². The highest BCUT2D eigenvalue weighted by molar-refractivity contribution is 5.66. The number of carbonyl (C=O) groups is 1. The molecule has 0 atom stereocenters. The van der Waals surface area contributed by atoms with Gasteiger partial charge in [-0.1, -0.05) is 5.21 Å². The molecule has 0 aliphatic carbocycles. The molecule has 20 heavy (non-hydrogen) atoms. The largest absolute Gasteiger partial charge is 0.480 e. The fraction of sp³-hybridized carbons (Fsp3) is 0.222. The maximum Gasteiger partial charge on any atom is 0.325 e. The van der Waals surface area contributed by atoms with E-state index in [-0.39, 0.29) is 6.54 Å². The number of aliphatic carboxylic acids is 1. The summed E-state index contributed by atoms with van der Waals surface area (Å²) in [6.45, 7) is 0.122. The number of fused-ring (bicyclic) bond motifs is 1. The molecular weight excluding hydrogens is 266 g/mol. The molecule has 11 heteroatoms. The summed E-state index contributed by atoms with van der Waals surface area (Å²) in [5.74, 6) is -0.377. The van der Waals surface area contributed by atoms with Gasteiger partial charge in [0.05, 0.1) is 25.1 Å². The Hall–Kier alpha value is -3.11. The highest BCUT2D eigenvalue weighted by atomic mass is 16.4. The number of nitrogens with zero attached hydrogens (tertiary/aromatic N) is 8. The molecule has 0 aliphatic rings. The number of anilines is 1. The third-order valence-electron chi connectivity index (χ3n) is 2.44. The van der Waals surface area contributed by atoms with Crippen LogP contribution in [-0.2, 0) is 17.9 Å². The summed E-state index contributed by atoms with van der Waals surface area (Å²) in [7, 11) is 0. The minimum absolute atomic E-state index is 0.225. The van der Waals surface area contributed by atoms with Crippen LogP contribution in [0.15, 0.2) is 18.6 Å². The van der Waals surface area contributed by atoms with Crippen LogP contribution in [0.2, 0.25) is 0 Å². The van der Waals surface area contributed by atoms with Crippen LogP contribution in [-0.4, -0.2) is 51.1 Å². The van der Waals surface area contributed by atoms with Crippen LogP contribution >= 0.6 is 0 Å². The van der Waals surface area contributed by atoms with Crippen LogP contribution in [0, 0.1) is 0 Å². The van der Waals surface area contributed by atoms with Crippen LogP contribution in [0.1, 0.15) is 5.69 Å². The quantitative estimate of drug-likeness (QED) is 0.588. The number of rotatable bonds is 5. The molecular formula is C9H9N9O2. The maximum absolute atomic E-state index is 10.5. The minimum atomic E-state index is -0.975. The number of aromatic nitrogens is 8. The van der Waals surface area contributed by atoms with Crippen molar-refractivity contribution in [2.75, 3.05) is 5.32 Å². The Bertz CT molecular complexity index is 749. The topological polar surface area (TPSA) is 136 Å². The average Bonchev–Trinajstić information content (AvgIpc) is 3.04. The molecule has 3 heterocycles. The van der Waals surface area contributed by atoms with Gasteiger partial charge in [0.25, 0.3) is 0 Å². The molecule has 0 radical (unpaired) electrons. The fourth-order valence-corrected chi connectivity index (χ4v) is 1.61. The summed E-state index contributed by atoms with van der Waals surface area (Å²) in [5.41, 5.74) is 1.11. The van der Waals surface area contributed by atoms with Crippen molar-refractivity contribution in [1.82, 2.24) is 40.0 Å². The molecule has 2 N–H and O–H groups in total. The van der Waals surface area contributed by atoms with Crippen LogP contribution in [0.25, 0.3) is 5.65 Å². The van der Waals surface area contributed by atoms with E-state index in [0.29, 0.717) is 23.7 Å². The molecule has 3 aromatic heterocycles. The van der Waals surface area contributed by atoms with E-state index in [9.17, 15) is 4.79 Å². The number of carboxylic acids is 1. The maximum atomic E-state index is 10.5. The molecule has 0 aromatic carbocycles. The fourth-order valence-electron chi connectivity index (χ4n) is 1.61. The van der Waals surface area contributed by atoms with E-state index in [4.69, 9.17) is 5.11 Å². The van der Waals surface area contributed by atoms with Gasteiger partial charge in [0, 0.05) is 0 Å². The molecule has 0 bridgehead atoms. The average molecular weight is 275 g/mol. The van der Waals surface area contributed by atoms with Crippen molar-refractivity contribution in [2.24, 2.45) is 0 Å². The molecule has 3 rings (SSSR count). The van der Waals surface area contributed by atoms with Gasteiger partial charge in [-0.2, -0.15) is 4.52 Å². The number of carboxylic acid groups (broad SMARTS) is 1. The van der Waals surface area contributed by atoms with Gasteiger partial charge in [-0.05, 0) is 10.4 Å². The van der Waals surface area contributed by atoms with Crippen molar-refractivity contribution in [2.45, 2.75) is 13.1 Å². The lowest BCUT2D eigenvalue weighted by molar-refractivity contribution is -0.137. The van der Waals surface area contributed by atoms with Crippen molar-refractivity contribution in [3.63, 3.8) is 0 Å². The second-order valence-electron chi connectivity index (χ2n) is 3.90. The predicted octanol–water partition coefficient (Wildman–Crippen LogP) is -1.19. The Morgan fingerprint density at radius 3 is 3.05 bits per heavy atom. The van der Waals surface area contributed by atoms with Crippen molar-refractivity contribution >= 4 is 17.4 Å². The van der Waals surface area contributed by atoms with Crippen LogP contribution in [0.4, 0.5) is 5.82 Å². The lowest BCUT2D eigenvalue weighted by Gasteiger charge is -2.03. The minimum Gasteiger partial charge on any atom is -0.480 e. The molecule has 0 fully saturated rings. The van der Waals surface area contributed by atoms with E-state index in [1.165, 1.54) is 15.4 Å². The van der Waals surface area contributed by atoms with Crippen LogP contribution in [0.5, 0.6) is 0 Å². The molecule has 3 aromatic rings. The Morgan fingerprint density at radius 1 is 1.30 bits per heavy atom. The standard InChI is InChI=1S/C9H9N9O2/c19-9(20)5-17-4-6(12-15-17)1-11-7-2-10-3-8-13-14-16-18(7)8/h2-4,11H,1,5H2,(H,19,20). The first-order valence-corrected chi connectivity index (χ1v) is 5.59. The van der Waals surface area contributed by atoms with Gasteiger partial charge in [-0.25, -0.2) is 4.68 Å². The molecule has 0 saturated carbocycles. The summed E-state index contributed by atoms with van der Waals surface area (Å²) in [6, 6.07) is 0. The molecule has 11 nitrogen and oxygen atoms in total. The number of tetrazole rings is 1. The Labute approximate surface area is 111 Å². The highest BCUT2D eigenvalue weighted by Gasteiger charge is 2.06. The smallest absolute Gasteiger partial charge is 0.325 e. The first kappa shape index (κ1) is 12.0. The zero-order chi connectivity index (χ0) is 13.9. The van der Waals surface area contributed by atoms with Gasteiger partial charge >= 0.3 is 5.97 Å². The van der Waals surface area contributed by atoms with E-state index in [2.05, 4.69) is 36.1 Å².